The third kappa shape index (κ3) is 7.23. The third-order valence-electron chi connectivity index (χ3n) is 2.78. The monoisotopic (exact) mass is 409 g/mol. The van der Waals surface area contributed by atoms with E-state index in [0.717, 1.165) is 24.8 Å². The van der Waals surface area contributed by atoms with Crippen LogP contribution < -0.4 is 15.4 Å². The van der Waals surface area contributed by atoms with Crippen LogP contribution in [0.3, 0.4) is 0 Å². The summed E-state index contributed by atoms with van der Waals surface area (Å²) < 4.78 is 5.21. The fourth-order valence-electron chi connectivity index (χ4n) is 1.51. The smallest absolute Gasteiger partial charge is 0.191 e. The lowest BCUT2D eigenvalue weighted by Crippen LogP contribution is -2.39. The van der Waals surface area contributed by atoms with Crippen LogP contribution >= 0.6 is 35.7 Å². The molecule has 0 aliphatic rings. The lowest BCUT2D eigenvalue weighted by atomic mass is 10.2. The van der Waals surface area contributed by atoms with E-state index in [9.17, 15) is 0 Å². The highest BCUT2D eigenvalue weighted by Crippen LogP contribution is 2.12. The number of methoxy groups -OCH3 is 1. The van der Waals surface area contributed by atoms with Gasteiger partial charge in [0.15, 0.2) is 5.96 Å². The van der Waals surface area contributed by atoms with Crippen LogP contribution in [0.2, 0.25) is 0 Å². The van der Waals surface area contributed by atoms with Gasteiger partial charge in [-0.05, 0) is 24.0 Å². The van der Waals surface area contributed by atoms with E-state index >= 15 is 0 Å². The van der Waals surface area contributed by atoms with Crippen LogP contribution in [-0.4, -0.2) is 38.2 Å². The molecule has 0 aliphatic carbocycles. The molecule has 0 amide bonds. The van der Waals surface area contributed by atoms with Gasteiger partial charge in [-0.1, -0.05) is 19.1 Å². The van der Waals surface area contributed by atoms with Gasteiger partial charge in [0.25, 0.3) is 0 Å². The minimum absolute atomic E-state index is 0. The number of ether oxygens (including phenoxy) is 1. The van der Waals surface area contributed by atoms with Gasteiger partial charge < -0.3 is 15.4 Å². The predicted molar refractivity (Wildman–Crippen MR) is 99.6 cm³/mol. The first kappa shape index (κ1) is 19.4. The van der Waals surface area contributed by atoms with E-state index in [1.54, 1.807) is 14.2 Å². The van der Waals surface area contributed by atoms with E-state index in [0.29, 0.717) is 5.25 Å². The largest absolute Gasteiger partial charge is 0.497 e. The van der Waals surface area contributed by atoms with E-state index in [-0.39, 0.29) is 24.0 Å². The second-order valence-electron chi connectivity index (χ2n) is 4.20. The Kier molecular flexibility index (Phi) is 10.7. The van der Waals surface area contributed by atoms with Crippen molar-refractivity contribution in [3.05, 3.63) is 29.8 Å². The number of thioether (sulfide) groups is 1. The molecule has 20 heavy (non-hydrogen) atoms. The molecule has 0 fully saturated rings. The van der Waals surface area contributed by atoms with Gasteiger partial charge >= 0.3 is 0 Å². The van der Waals surface area contributed by atoms with E-state index < -0.39 is 0 Å². The molecule has 4 nitrogen and oxygen atoms in total. The zero-order chi connectivity index (χ0) is 14.1. The molecule has 1 aromatic carbocycles. The molecule has 0 radical (unpaired) electrons. The van der Waals surface area contributed by atoms with Crippen LogP contribution in [-0.2, 0) is 6.54 Å². The minimum Gasteiger partial charge on any atom is -0.497 e. The quantitative estimate of drug-likeness (QED) is 0.431. The molecule has 1 atom stereocenters. The molecule has 6 heteroatoms. The average Bonchev–Trinajstić information content (AvgIpc) is 2.47. The molecule has 0 heterocycles. The zero-order valence-electron chi connectivity index (χ0n) is 12.5. The van der Waals surface area contributed by atoms with Gasteiger partial charge in [0.1, 0.15) is 5.75 Å². The van der Waals surface area contributed by atoms with Gasteiger partial charge in [-0.15, -0.1) is 24.0 Å². The van der Waals surface area contributed by atoms with Crippen molar-refractivity contribution < 1.29 is 4.74 Å². The molecular weight excluding hydrogens is 385 g/mol. The van der Waals surface area contributed by atoms with Crippen LogP contribution in [0.15, 0.2) is 29.3 Å². The molecule has 2 N–H and O–H groups in total. The molecule has 0 aromatic heterocycles. The molecule has 1 unspecified atom stereocenters. The van der Waals surface area contributed by atoms with Crippen LogP contribution in [0.25, 0.3) is 0 Å². The first-order valence-electron chi connectivity index (χ1n) is 6.29. The second kappa shape index (κ2) is 11.1. The number of nitrogens with zero attached hydrogens (tertiary/aromatic N) is 1. The van der Waals surface area contributed by atoms with Crippen molar-refractivity contribution in [1.82, 2.24) is 10.6 Å². The van der Waals surface area contributed by atoms with Crippen molar-refractivity contribution in [2.75, 3.05) is 27.0 Å². The van der Waals surface area contributed by atoms with Crippen molar-refractivity contribution in [2.45, 2.75) is 18.7 Å². The molecule has 1 rings (SSSR count). The van der Waals surface area contributed by atoms with Crippen molar-refractivity contribution in [3.63, 3.8) is 0 Å². The van der Waals surface area contributed by atoms with Crippen molar-refractivity contribution in [3.8, 4) is 5.75 Å². The number of hydrogen-bond acceptors (Lipinski definition) is 3. The first-order chi connectivity index (χ1) is 9.19. The molecular formula is C14H24IN3OS. The van der Waals surface area contributed by atoms with E-state index in [2.05, 4.69) is 34.9 Å². The molecule has 0 bridgehead atoms. The Labute approximate surface area is 143 Å². The molecule has 0 spiro atoms. The SMILES string of the molecule is CN=C(NCc1cccc(OC)c1)NCC(C)SC.I. The maximum absolute atomic E-state index is 5.21. The van der Waals surface area contributed by atoms with Crippen molar-refractivity contribution in [2.24, 2.45) is 4.99 Å². The maximum atomic E-state index is 5.21. The Bertz CT molecular complexity index is 415. The van der Waals surface area contributed by atoms with Crippen LogP contribution in [0.5, 0.6) is 5.75 Å². The predicted octanol–water partition coefficient (Wildman–Crippen LogP) is 2.73. The lowest BCUT2D eigenvalue weighted by molar-refractivity contribution is 0.414. The third-order valence-corrected chi connectivity index (χ3v) is 3.75. The average molecular weight is 409 g/mol. The summed E-state index contributed by atoms with van der Waals surface area (Å²) in [6, 6.07) is 8.01. The minimum atomic E-state index is 0. The summed E-state index contributed by atoms with van der Waals surface area (Å²) in [4.78, 5) is 4.21. The van der Waals surface area contributed by atoms with Crippen LogP contribution in [0, 0.1) is 0 Å². The highest BCUT2D eigenvalue weighted by molar-refractivity contribution is 14.0. The fourth-order valence-corrected chi connectivity index (χ4v) is 1.76. The maximum Gasteiger partial charge on any atom is 0.191 e. The van der Waals surface area contributed by atoms with Gasteiger partial charge in [-0.2, -0.15) is 11.8 Å². The van der Waals surface area contributed by atoms with Crippen LogP contribution in [0.1, 0.15) is 12.5 Å². The number of rotatable bonds is 6. The Balaban J connectivity index is 0.00000361. The second-order valence-corrected chi connectivity index (χ2v) is 5.48. The number of benzene rings is 1. The Morgan fingerprint density at radius 1 is 1.40 bits per heavy atom. The first-order valence-corrected chi connectivity index (χ1v) is 7.58. The van der Waals surface area contributed by atoms with Gasteiger partial charge in [-0.25, -0.2) is 0 Å². The molecule has 0 saturated carbocycles. The summed E-state index contributed by atoms with van der Waals surface area (Å²) in [5.41, 5.74) is 1.17. The zero-order valence-corrected chi connectivity index (χ0v) is 15.6. The topological polar surface area (TPSA) is 45.7 Å². The Morgan fingerprint density at radius 2 is 2.15 bits per heavy atom. The molecule has 0 saturated heterocycles. The summed E-state index contributed by atoms with van der Waals surface area (Å²) in [5, 5.41) is 7.16. The molecule has 114 valence electrons. The highest BCUT2D eigenvalue weighted by Gasteiger charge is 2.02. The Hall–Kier alpha value is -0.630. The van der Waals surface area contributed by atoms with Gasteiger partial charge in [0.2, 0.25) is 0 Å². The highest BCUT2D eigenvalue weighted by atomic mass is 127. The number of nitrogens with one attached hydrogen (secondary N) is 2. The van der Waals surface area contributed by atoms with E-state index in [4.69, 9.17) is 4.74 Å². The fraction of sp³-hybridized carbons (Fsp3) is 0.500. The number of halogens is 1. The van der Waals surface area contributed by atoms with Gasteiger partial charge in [0.05, 0.1) is 7.11 Å². The summed E-state index contributed by atoms with van der Waals surface area (Å²) in [6.45, 7) is 3.82. The summed E-state index contributed by atoms with van der Waals surface area (Å²) in [7, 11) is 3.46. The van der Waals surface area contributed by atoms with Crippen molar-refractivity contribution >= 4 is 41.7 Å². The number of guanidine groups is 1. The summed E-state index contributed by atoms with van der Waals surface area (Å²) >= 11 is 1.83. The van der Waals surface area contributed by atoms with Gasteiger partial charge in [-0.3, -0.25) is 4.99 Å². The Morgan fingerprint density at radius 3 is 2.75 bits per heavy atom. The summed E-state index contributed by atoms with van der Waals surface area (Å²) in [5.74, 6) is 1.70. The van der Waals surface area contributed by atoms with Crippen LogP contribution in [0.4, 0.5) is 0 Å². The van der Waals surface area contributed by atoms with E-state index in [1.165, 1.54) is 5.56 Å². The summed E-state index contributed by atoms with van der Waals surface area (Å²) in [6.07, 6.45) is 2.11. The standard InChI is InChI=1S/C14H23N3OS.HI/c1-11(19-4)9-16-14(15-2)17-10-12-6-5-7-13(8-12)18-3;/h5-8,11H,9-10H2,1-4H3,(H2,15,16,17);1H. The van der Waals surface area contributed by atoms with E-state index in [1.807, 2.05) is 30.0 Å². The van der Waals surface area contributed by atoms with Gasteiger partial charge in [0, 0.05) is 25.4 Å². The molecule has 0 aliphatic heterocycles. The van der Waals surface area contributed by atoms with Crippen molar-refractivity contribution in [1.29, 1.82) is 0 Å². The number of aliphatic imine (C=N–C) groups is 1. The number of hydrogen-bond donors (Lipinski definition) is 2. The molecule has 1 aromatic rings. The lowest BCUT2D eigenvalue weighted by Gasteiger charge is -2.14. The normalized spacial score (nSPS) is 12.3.